The van der Waals surface area contributed by atoms with Gasteiger partial charge < -0.3 is 4.74 Å². The number of Topliss-reactive ketones (excluding diaryl/α,β-unsaturated/α-hetero) is 2. The maximum Gasteiger partial charge on any atom is 0.197 e. The first-order valence-corrected chi connectivity index (χ1v) is 8.02. The number of aryl methyl sites for hydroxylation is 2. The number of ketones is 2. The van der Waals surface area contributed by atoms with Crippen molar-refractivity contribution in [3.8, 4) is 11.8 Å². The molecule has 118 valence electrons. The molecule has 1 aromatic carbocycles. The molecule has 0 aliphatic rings. The van der Waals surface area contributed by atoms with Crippen LogP contribution in [0.15, 0.2) is 36.4 Å². The van der Waals surface area contributed by atoms with Crippen molar-refractivity contribution in [1.29, 1.82) is 5.26 Å². The number of nitriles is 1. The fourth-order valence-corrected chi connectivity index (χ4v) is 3.06. The van der Waals surface area contributed by atoms with E-state index in [1.807, 2.05) is 43.3 Å². The summed E-state index contributed by atoms with van der Waals surface area (Å²) in [6, 6.07) is 12.7. The summed E-state index contributed by atoms with van der Waals surface area (Å²) < 4.78 is 5.14. The Bertz CT molecular complexity index is 758. The minimum Gasteiger partial charge on any atom is -0.497 e. The van der Waals surface area contributed by atoms with Crippen LogP contribution >= 0.6 is 11.3 Å². The van der Waals surface area contributed by atoms with Crippen LogP contribution in [-0.2, 0) is 11.2 Å². The second-order valence-electron chi connectivity index (χ2n) is 5.15. The Kier molecular flexibility index (Phi) is 5.67. The SMILES string of the molecule is COc1cccc(CCC(=O)C(C#N)C(=O)c2ccc(C)s2)c1. The van der Waals surface area contributed by atoms with Gasteiger partial charge in [0.2, 0.25) is 0 Å². The molecule has 23 heavy (non-hydrogen) atoms. The number of benzene rings is 1. The lowest BCUT2D eigenvalue weighted by atomic mass is 9.94. The largest absolute Gasteiger partial charge is 0.497 e. The van der Waals surface area contributed by atoms with Gasteiger partial charge in [-0.15, -0.1) is 11.3 Å². The Hall–Kier alpha value is -2.45. The van der Waals surface area contributed by atoms with Crippen LogP contribution in [0, 0.1) is 24.2 Å². The van der Waals surface area contributed by atoms with Gasteiger partial charge >= 0.3 is 0 Å². The first-order valence-electron chi connectivity index (χ1n) is 7.21. The third kappa shape index (κ3) is 4.27. The molecule has 0 fully saturated rings. The Morgan fingerprint density at radius 2 is 2.09 bits per heavy atom. The van der Waals surface area contributed by atoms with Crippen molar-refractivity contribution in [3.63, 3.8) is 0 Å². The molecule has 0 bridgehead atoms. The van der Waals surface area contributed by atoms with E-state index in [9.17, 15) is 14.9 Å². The zero-order valence-corrected chi connectivity index (χ0v) is 13.9. The van der Waals surface area contributed by atoms with Crippen LogP contribution in [0.1, 0.15) is 26.5 Å². The highest BCUT2D eigenvalue weighted by atomic mass is 32.1. The van der Waals surface area contributed by atoms with E-state index >= 15 is 0 Å². The summed E-state index contributed by atoms with van der Waals surface area (Å²) in [5, 5.41) is 9.21. The van der Waals surface area contributed by atoms with Crippen LogP contribution in [0.2, 0.25) is 0 Å². The molecule has 2 aromatic rings. The number of hydrogen-bond donors (Lipinski definition) is 0. The fraction of sp³-hybridized carbons (Fsp3) is 0.278. The molecule has 1 unspecified atom stereocenters. The van der Waals surface area contributed by atoms with E-state index in [0.717, 1.165) is 16.2 Å². The lowest BCUT2D eigenvalue weighted by Gasteiger charge is -2.07. The Morgan fingerprint density at radius 1 is 1.30 bits per heavy atom. The maximum absolute atomic E-state index is 12.3. The summed E-state index contributed by atoms with van der Waals surface area (Å²) in [5.41, 5.74) is 0.939. The molecule has 0 N–H and O–H groups in total. The van der Waals surface area contributed by atoms with E-state index in [1.165, 1.54) is 11.3 Å². The van der Waals surface area contributed by atoms with Gasteiger partial charge in [-0.3, -0.25) is 9.59 Å². The molecule has 2 rings (SSSR count). The minimum absolute atomic E-state index is 0.154. The Labute approximate surface area is 139 Å². The number of carbonyl (C=O) groups is 2. The van der Waals surface area contributed by atoms with Gasteiger partial charge in [0.1, 0.15) is 5.75 Å². The number of thiophene rings is 1. The van der Waals surface area contributed by atoms with Crippen molar-refractivity contribution in [2.45, 2.75) is 19.8 Å². The molecular formula is C18H17NO3S. The van der Waals surface area contributed by atoms with E-state index in [4.69, 9.17) is 4.74 Å². The second kappa shape index (κ2) is 7.70. The summed E-state index contributed by atoms with van der Waals surface area (Å²) >= 11 is 1.31. The van der Waals surface area contributed by atoms with Crippen molar-refractivity contribution < 1.29 is 14.3 Å². The van der Waals surface area contributed by atoms with E-state index in [1.54, 1.807) is 13.2 Å². The van der Waals surface area contributed by atoms with Gasteiger partial charge in [-0.25, -0.2) is 0 Å². The monoisotopic (exact) mass is 327 g/mol. The predicted octanol–water partition coefficient (Wildman–Crippen LogP) is 3.59. The van der Waals surface area contributed by atoms with Gasteiger partial charge in [0, 0.05) is 11.3 Å². The van der Waals surface area contributed by atoms with E-state index in [2.05, 4.69) is 0 Å². The van der Waals surface area contributed by atoms with Crippen molar-refractivity contribution in [2.75, 3.05) is 7.11 Å². The Morgan fingerprint density at radius 3 is 2.70 bits per heavy atom. The highest BCUT2D eigenvalue weighted by Gasteiger charge is 2.27. The van der Waals surface area contributed by atoms with Crippen molar-refractivity contribution in [2.24, 2.45) is 5.92 Å². The molecule has 4 nitrogen and oxygen atoms in total. The van der Waals surface area contributed by atoms with Crippen LogP contribution in [-0.4, -0.2) is 18.7 Å². The van der Waals surface area contributed by atoms with Gasteiger partial charge in [0.15, 0.2) is 17.5 Å². The molecule has 1 atom stereocenters. The topological polar surface area (TPSA) is 67.2 Å². The van der Waals surface area contributed by atoms with Crippen molar-refractivity contribution in [3.05, 3.63) is 51.7 Å². The summed E-state index contributed by atoms with van der Waals surface area (Å²) in [7, 11) is 1.58. The summed E-state index contributed by atoms with van der Waals surface area (Å²) in [6.45, 7) is 1.88. The van der Waals surface area contributed by atoms with Crippen LogP contribution in [0.4, 0.5) is 0 Å². The third-order valence-corrected chi connectivity index (χ3v) is 4.51. The van der Waals surface area contributed by atoms with Crippen molar-refractivity contribution >= 4 is 22.9 Å². The predicted molar refractivity (Wildman–Crippen MR) is 88.8 cm³/mol. The molecule has 0 spiro atoms. The zero-order valence-electron chi connectivity index (χ0n) is 13.0. The molecule has 1 heterocycles. The highest BCUT2D eigenvalue weighted by molar-refractivity contribution is 7.14. The quantitative estimate of drug-likeness (QED) is 0.576. The zero-order chi connectivity index (χ0) is 16.8. The molecule has 0 amide bonds. The summed E-state index contributed by atoms with van der Waals surface area (Å²) in [4.78, 5) is 26.0. The molecule has 0 aliphatic carbocycles. The van der Waals surface area contributed by atoms with Crippen LogP contribution in [0.25, 0.3) is 0 Å². The average molecular weight is 327 g/mol. The number of methoxy groups -OCH3 is 1. The summed E-state index contributed by atoms with van der Waals surface area (Å²) in [6.07, 6.45) is 0.631. The maximum atomic E-state index is 12.3. The smallest absolute Gasteiger partial charge is 0.197 e. The van der Waals surface area contributed by atoms with Gasteiger partial charge in [0.05, 0.1) is 18.1 Å². The fourth-order valence-electron chi connectivity index (χ4n) is 2.23. The number of ether oxygens (including phenoxy) is 1. The molecule has 5 heteroatoms. The lowest BCUT2D eigenvalue weighted by molar-refractivity contribution is -0.120. The molecule has 0 saturated heterocycles. The first kappa shape index (κ1) is 16.9. The molecule has 0 radical (unpaired) electrons. The number of rotatable bonds is 7. The van der Waals surface area contributed by atoms with Crippen LogP contribution in [0.5, 0.6) is 5.75 Å². The third-order valence-electron chi connectivity index (χ3n) is 3.49. The van der Waals surface area contributed by atoms with Gasteiger partial charge in [-0.05, 0) is 43.2 Å². The van der Waals surface area contributed by atoms with Crippen LogP contribution < -0.4 is 4.74 Å². The Balaban J connectivity index is 2.03. The normalized spacial score (nSPS) is 11.5. The molecule has 1 aromatic heterocycles. The number of carbonyl (C=O) groups excluding carboxylic acids is 2. The van der Waals surface area contributed by atoms with E-state index in [-0.39, 0.29) is 12.2 Å². The van der Waals surface area contributed by atoms with Gasteiger partial charge in [-0.2, -0.15) is 5.26 Å². The molecule has 0 aliphatic heterocycles. The van der Waals surface area contributed by atoms with Gasteiger partial charge in [0.25, 0.3) is 0 Å². The van der Waals surface area contributed by atoms with E-state index in [0.29, 0.717) is 11.3 Å². The van der Waals surface area contributed by atoms with Crippen LogP contribution in [0.3, 0.4) is 0 Å². The average Bonchev–Trinajstić information content (AvgIpc) is 3.00. The van der Waals surface area contributed by atoms with E-state index < -0.39 is 11.7 Å². The molecule has 0 saturated carbocycles. The van der Waals surface area contributed by atoms with Crippen molar-refractivity contribution in [1.82, 2.24) is 0 Å². The molecular weight excluding hydrogens is 310 g/mol. The summed E-state index contributed by atoms with van der Waals surface area (Å²) in [5.74, 6) is -1.25. The number of nitrogens with zero attached hydrogens (tertiary/aromatic N) is 1. The van der Waals surface area contributed by atoms with Gasteiger partial charge in [-0.1, -0.05) is 12.1 Å². The first-order chi connectivity index (χ1) is 11.0. The lowest BCUT2D eigenvalue weighted by Crippen LogP contribution is -2.22. The minimum atomic E-state index is -1.22. The standard InChI is InChI=1S/C18H17NO3S/c1-12-6-9-17(23-12)18(21)15(11-19)16(20)8-7-13-4-3-5-14(10-13)22-2/h3-6,9-10,15H,7-8H2,1-2H3. The number of hydrogen-bond acceptors (Lipinski definition) is 5. The second-order valence-corrected chi connectivity index (χ2v) is 6.44. The highest BCUT2D eigenvalue weighted by Crippen LogP contribution is 2.21.